The summed E-state index contributed by atoms with van der Waals surface area (Å²) in [5, 5.41) is 0.109. The van der Waals surface area contributed by atoms with Crippen LogP contribution < -0.4 is 4.72 Å². The number of hydrogen-bond acceptors (Lipinski definition) is 2. The van der Waals surface area contributed by atoms with Gasteiger partial charge in [-0.05, 0) is 32.6 Å². The highest BCUT2D eigenvalue weighted by molar-refractivity contribution is 7.87. The van der Waals surface area contributed by atoms with Crippen molar-refractivity contribution in [2.45, 2.75) is 50.8 Å². The summed E-state index contributed by atoms with van der Waals surface area (Å²) in [5.74, 6) is 0. The predicted octanol–water partition coefficient (Wildman–Crippen LogP) is 2.10. The molecular weight excluding hydrogens is 260 g/mol. The molecular formula is C11H23ClN2O2S. The molecule has 1 fully saturated rings. The number of hydrogen-bond donors (Lipinski definition) is 1. The lowest BCUT2D eigenvalue weighted by Crippen LogP contribution is -2.41. The van der Waals surface area contributed by atoms with E-state index in [1.165, 1.54) is 0 Å². The number of nitrogens with zero attached hydrogens (tertiary/aromatic N) is 1. The molecule has 1 saturated heterocycles. The van der Waals surface area contributed by atoms with E-state index in [1.54, 1.807) is 4.31 Å². The van der Waals surface area contributed by atoms with Crippen LogP contribution in [0.3, 0.4) is 0 Å². The van der Waals surface area contributed by atoms with E-state index < -0.39 is 10.2 Å². The second-order valence-electron chi connectivity index (χ2n) is 4.64. The Morgan fingerprint density at radius 1 is 1.24 bits per heavy atom. The zero-order valence-corrected chi connectivity index (χ0v) is 12.1. The largest absolute Gasteiger partial charge is 0.279 e. The quantitative estimate of drug-likeness (QED) is 0.599. The van der Waals surface area contributed by atoms with Gasteiger partial charge in [0.05, 0.1) is 0 Å². The molecule has 0 amide bonds. The van der Waals surface area contributed by atoms with Crippen LogP contribution in [0.15, 0.2) is 0 Å². The first-order chi connectivity index (χ1) is 8.02. The Morgan fingerprint density at radius 2 is 1.82 bits per heavy atom. The smallest absolute Gasteiger partial charge is 0.202 e. The normalized spacial score (nSPS) is 21.1. The third-order valence-corrected chi connectivity index (χ3v) is 4.80. The summed E-state index contributed by atoms with van der Waals surface area (Å²) in [6.07, 6.45) is 5.84. The predicted molar refractivity (Wildman–Crippen MR) is 71.5 cm³/mol. The Balaban J connectivity index is 2.33. The topological polar surface area (TPSA) is 49.4 Å². The fourth-order valence-corrected chi connectivity index (χ4v) is 3.44. The summed E-state index contributed by atoms with van der Waals surface area (Å²) in [5.41, 5.74) is 0. The van der Waals surface area contributed by atoms with Crippen LogP contribution in [0.4, 0.5) is 0 Å². The molecule has 1 N–H and O–H groups in total. The van der Waals surface area contributed by atoms with E-state index in [0.717, 1.165) is 38.5 Å². The molecule has 1 rings (SSSR count). The van der Waals surface area contributed by atoms with Gasteiger partial charge in [0.15, 0.2) is 0 Å². The molecule has 0 aromatic rings. The Bertz CT molecular complexity index is 299. The molecule has 1 heterocycles. The van der Waals surface area contributed by atoms with Gasteiger partial charge in [-0.25, -0.2) is 4.72 Å². The van der Waals surface area contributed by atoms with Gasteiger partial charge in [0.25, 0.3) is 10.2 Å². The Hall–Kier alpha value is 0.160. The van der Waals surface area contributed by atoms with E-state index in [1.807, 2.05) is 6.92 Å². The molecule has 4 nitrogen and oxygen atoms in total. The molecule has 17 heavy (non-hydrogen) atoms. The van der Waals surface area contributed by atoms with Crippen molar-refractivity contribution in [2.75, 3.05) is 19.6 Å². The second-order valence-corrected chi connectivity index (χ2v) is 7.14. The lowest BCUT2D eigenvalue weighted by atomic mass is 10.2. The highest BCUT2D eigenvalue weighted by atomic mass is 35.5. The maximum Gasteiger partial charge on any atom is 0.279 e. The standard InChI is InChI=1S/C11H23ClN2O2S/c1-11(12)7-6-8-13-17(15,16)14-9-4-2-3-5-10-14/h11,13H,2-10H2,1H3. The molecule has 1 atom stereocenters. The van der Waals surface area contributed by atoms with Crippen molar-refractivity contribution in [3.63, 3.8) is 0 Å². The molecule has 102 valence electrons. The van der Waals surface area contributed by atoms with Crippen molar-refractivity contribution in [3.05, 3.63) is 0 Å². The average Bonchev–Trinajstić information content (AvgIpc) is 2.53. The van der Waals surface area contributed by atoms with E-state index in [9.17, 15) is 8.42 Å². The summed E-state index contributed by atoms with van der Waals surface area (Å²) in [6, 6.07) is 0. The van der Waals surface area contributed by atoms with Crippen LogP contribution >= 0.6 is 11.6 Å². The summed E-state index contributed by atoms with van der Waals surface area (Å²) in [4.78, 5) is 0. The van der Waals surface area contributed by atoms with Crippen LogP contribution in [0.1, 0.15) is 45.4 Å². The van der Waals surface area contributed by atoms with E-state index in [-0.39, 0.29) is 5.38 Å². The molecule has 0 bridgehead atoms. The highest BCUT2D eigenvalue weighted by Crippen LogP contribution is 2.12. The molecule has 6 heteroatoms. The van der Waals surface area contributed by atoms with Crippen LogP contribution in [0, 0.1) is 0 Å². The Kier molecular flexibility index (Phi) is 6.77. The molecule has 0 aromatic heterocycles. The van der Waals surface area contributed by atoms with Gasteiger partial charge in [-0.15, -0.1) is 11.6 Å². The third-order valence-electron chi connectivity index (χ3n) is 2.97. The molecule has 1 aliphatic heterocycles. The van der Waals surface area contributed by atoms with Gasteiger partial charge in [-0.2, -0.15) is 12.7 Å². The first kappa shape index (κ1) is 15.2. The lowest BCUT2D eigenvalue weighted by Gasteiger charge is -2.20. The van der Waals surface area contributed by atoms with Gasteiger partial charge in [-0.1, -0.05) is 12.8 Å². The van der Waals surface area contributed by atoms with E-state index in [4.69, 9.17) is 11.6 Å². The van der Waals surface area contributed by atoms with Crippen LogP contribution in [-0.2, 0) is 10.2 Å². The minimum absolute atomic E-state index is 0.109. The summed E-state index contributed by atoms with van der Waals surface area (Å²) < 4.78 is 28.2. The van der Waals surface area contributed by atoms with Crippen molar-refractivity contribution in [1.82, 2.24) is 9.03 Å². The highest BCUT2D eigenvalue weighted by Gasteiger charge is 2.21. The molecule has 1 aliphatic rings. The summed E-state index contributed by atoms with van der Waals surface area (Å²) >= 11 is 5.81. The number of alkyl halides is 1. The van der Waals surface area contributed by atoms with Gasteiger partial charge in [0, 0.05) is 25.0 Å². The molecule has 1 unspecified atom stereocenters. The zero-order chi connectivity index (χ0) is 12.7. The minimum Gasteiger partial charge on any atom is -0.202 e. The van der Waals surface area contributed by atoms with Crippen LogP contribution in [-0.4, -0.2) is 37.7 Å². The monoisotopic (exact) mass is 282 g/mol. The maximum atomic E-state index is 12.0. The fourth-order valence-electron chi connectivity index (χ4n) is 1.96. The third kappa shape index (κ3) is 6.04. The minimum atomic E-state index is -3.26. The van der Waals surface area contributed by atoms with Crippen molar-refractivity contribution in [1.29, 1.82) is 0 Å². The van der Waals surface area contributed by atoms with Crippen molar-refractivity contribution in [3.8, 4) is 0 Å². The Labute approximate surface area is 110 Å². The SMILES string of the molecule is CC(Cl)CCCNS(=O)(=O)N1CCCCCC1. The van der Waals surface area contributed by atoms with E-state index in [0.29, 0.717) is 19.6 Å². The van der Waals surface area contributed by atoms with E-state index in [2.05, 4.69) is 4.72 Å². The van der Waals surface area contributed by atoms with Gasteiger partial charge in [0.2, 0.25) is 0 Å². The van der Waals surface area contributed by atoms with E-state index >= 15 is 0 Å². The fraction of sp³-hybridized carbons (Fsp3) is 1.00. The number of nitrogens with one attached hydrogen (secondary N) is 1. The summed E-state index contributed by atoms with van der Waals surface area (Å²) in [6.45, 7) is 3.71. The molecule has 0 spiro atoms. The first-order valence-electron chi connectivity index (χ1n) is 6.41. The zero-order valence-electron chi connectivity index (χ0n) is 10.5. The van der Waals surface area contributed by atoms with Crippen LogP contribution in [0.5, 0.6) is 0 Å². The molecule has 0 aliphatic carbocycles. The second kappa shape index (κ2) is 7.56. The Morgan fingerprint density at radius 3 is 2.35 bits per heavy atom. The average molecular weight is 283 g/mol. The molecule has 0 saturated carbocycles. The number of halogens is 1. The van der Waals surface area contributed by atoms with Crippen LogP contribution in [0.2, 0.25) is 0 Å². The van der Waals surface area contributed by atoms with Crippen molar-refractivity contribution in [2.24, 2.45) is 0 Å². The van der Waals surface area contributed by atoms with Gasteiger partial charge in [-0.3, -0.25) is 0 Å². The lowest BCUT2D eigenvalue weighted by molar-refractivity contribution is 0.414. The maximum absolute atomic E-state index is 12.0. The van der Waals surface area contributed by atoms with Crippen LogP contribution in [0.25, 0.3) is 0 Å². The van der Waals surface area contributed by atoms with Gasteiger partial charge in [0.1, 0.15) is 0 Å². The first-order valence-corrected chi connectivity index (χ1v) is 8.29. The number of rotatable bonds is 6. The van der Waals surface area contributed by atoms with Gasteiger partial charge < -0.3 is 0 Å². The van der Waals surface area contributed by atoms with Crippen molar-refractivity contribution < 1.29 is 8.42 Å². The van der Waals surface area contributed by atoms with Gasteiger partial charge >= 0.3 is 0 Å². The molecule has 0 aromatic carbocycles. The molecule has 0 radical (unpaired) electrons. The summed E-state index contributed by atoms with van der Waals surface area (Å²) in [7, 11) is -3.26. The van der Waals surface area contributed by atoms with Crippen molar-refractivity contribution >= 4 is 21.8 Å².